The molecule has 2 aliphatic rings. The SMILES string of the molecule is Cc1cccc2c1CC1CCC(CN)N21. The minimum absolute atomic E-state index is 0.582. The fourth-order valence-corrected chi connectivity index (χ4v) is 3.22. The average molecular weight is 202 g/mol. The highest BCUT2D eigenvalue weighted by atomic mass is 15.2. The second-order valence-electron chi connectivity index (χ2n) is 4.80. The zero-order valence-electron chi connectivity index (χ0n) is 9.24. The van der Waals surface area contributed by atoms with Gasteiger partial charge >= 0.3 is 0 Å². The summed E-state index contributed by atoms with van der Waals surface area (Å²) in [6.07, 6.45) is 3.82. The molecule has 1 aromatic rings. The normalized spacial score (nSPS) is 28.0. The molecule has 0 aromatic heterocycles. The Morgan fingerprint density at radius 2 is 2.27 bits per heavy atom. The minimum Gasteiger partial charge on any atom is -0.364 e. The van der Waals surface area contributed by atoms with Crippen molar-refractivity contribution < 1.29 is 0 Å². The van der Waals surface area contributed by atoms with Gasteiger partial charge in [0.25, 0.3) is 0 Å². The standard InChI is InChI=1S/C13H18N2/c1-9-3-2-4-13-12(9)7-10-5-6-11(8-14)15(10)13/h2-4,10-11H,5-8,14H2,1H3. The second kappa shape index (κ2) is 3.24. The van der Waals surface area contributed by atoms with Crippen LogP contribution in [0.2, 0.25) is 0 Å². The maximum absolute atomic E-state index is 5.84. The van der Waals surface area contributed by atoms with Crippen LogP contribution in [-0.4, -0.2) is 18.6 Å². The van der Waals surface area contributed by atoms with Gasteiger partial charge in [-0.3, -0.25) is 0 Å². The lowest BCUT2D eigenvalue weighted by molar-refractivity contribution is 0.659. The van der Waals surface area contributed by atoms with Gasteiger partial charge in [0.15, 0.2) is 0 Å². The van der Waals surface area contributed by atoms with E-state index in [9.17, 15) is 0 Å². The first kappa shape index (κ1) is 9.22. The maximum atomic E-state index is 5.84. The van der Waals surface area contributed by atoms with Crippen LogP contribution in [0.15, 0.2) is 18.2 Å². The monoisotopic (exact) mass is 202 g/mol. The van der Waals surface area contributed by atoms with Crippen molar-refractivity contribution in [2.45, 2.75) is 38.3 Å². The highest BCUT2D eigenvalue weighted by molar-refractivity contribution is 5.63. The fourth-order valence-electron chi connectivity index (χ4n) is 3.22. The molecule has 2 aliphatic heterocycles. The van der Waals surface area contributed by atoms with E-state index < -0.39 is 0 Å². The smallest absolute Gasteiger partial charge is 0.0416 e. The largest absolute Gasteiger partial charge is 0.364 e. The van der Waals surface area contributed by atoms with Crippen LogP contribution >= 0.6 is 0 Å². The third-order valence-electron chi connectivity index (χ3n) is 4.00. The Morgan fingerprint density at radius 3 is 3.07 bits per heavy atom. The van der Waals surface area contributed by atoms with Crippen LogP contribution < -0.4 is 10.6 Å². The quantitative estimate of drug-likeness (QED) is 0.753. The molecule has 2 N–H and O–H groups in total. The van der Waals surface area contributed by atoms with E-state index in [1.807, 2.05) is 0 Å². The van der Waals surface area contributed by atoms with E-state index in [4.69, 9.17) is 5.73 Å². The van der Waals surface area contributed by atoms with E-state index in [0.29, 0.717) is 6.04 Å². The van der Waals surface area contributed by atoms with Crippen molar-refractivity contribution in [3.05, 3.63) is 29.3 Å². The number of hydrogen-bond donors (Lipinski definition) is 1. The van der Waals surface area contributed by atoms with Gasteiger partial charge < -0.3 is 10.6 Å². The molecule has 2 nitrogen and oxygen atoms in total. The number of nitrogens with two attached hydrogens (primary N) is 1. The lowest BCUT2D eigenvalue weighted by Gasteiger charge is -2.26. The van der Waals surface area contributed by atoms with E-state index in [1.165, 1.54) is 30.5 Å². The van der Waals surface area contributed by atoms with Crippen molar-refractivity contribution in [2.75, 3.05) is 11.4 Å². The van der Waals surface area contributed by atoms with Crippen molar-refractivity contribution in [2.24, 2.45) is 5.73 Å². The van der Waals surface area contributed by atoms with Crippen LogP contribution in [0.3, 0.4) is 0 Å². The van der Waals surface area contributed by atoms with Crippen molar-refractivity contribution in [1.29, 1.82) is 0 Å². The third kappa shape index (κ3) is 1.21. The van der Waals surface area contributed by atoms with Gasteiger partial charge in [-0.05, 0) is 43.4 Å². The number of aryl methyl sites for hydroxylation is 1. The Labute approximate surface area is 91.1 Å². The molecule has 1 aromatic carbocycles. The third-order valence-corrected chi connectivity index (χ3v) is 4.00. The van der Waals surface area contributed by atoms with Crippen LogP contribution in [0.1, 0.15) is 24.0 Å². The van der Waals surface area contributed by atoms with Gasteiger partial charge in [-0.2, -0.15) is 0 Å². The predicted octanol–water partition coefficient (Wildman–Crippen LogP) is 1.85. The Bertz CT molecular complexity index is 386. The van der Waals surface area contributed by atoms with Gasteiger partial charge in [-0.25, -0.2) is 0 Å². The molecule has 2 atom stereocenters. The van der Waals surface area contributed by atoms with Gasteiger partial charge in [0.2, 0.25) is 0 Å². The first-order valence-corrected chi connectivity index (χ1v) is 5.88. The molecule has 0 aliphatic carbocycles. The van der Waals surface area contributed by atoms with Crippen LogP contribution in [0.5, 0.6) is 0 Å². The van der Waals surface area contributed by atoms with Gasteiger partial charge in [0.05, 0.1) is 0 Å². The Kier molecular flexibility index (Phi) is 1.99. The van der Waals surface area contributed by atoms with Crippen LogP contribution in [0.25, 0.3) is 0 Å². The van der Waals surface area contributed by atoms with Crippen molar-refractivity contribution in [1.82, 2.24) is 0 Å². The summed E-state index contributed by atoms with van der Waals surface area (Å²) in [5, 5.41) is 0. The molecule has 0 bridgehead atoms. The fraction of sp³-hybridized carbons (Fsp3) is 0.538. The number of rotatable bonds is 1. The summed E-state index contributed by atoms with van der Waals surface area (Å²) < 4.78 is 0. The molecule has 80 valence electrons. The van der Waals surface area contributed by atoms with Gasteiger partial charge in [-0.15, -0.1) is 0 Å². The highest BCUT2D eigenvalue weighted by Crippen LogP contribution is 2.41. The molecule has 0 saturated carbocycles. The van der Waals surface area contributed by atoms with Gasteiger partial charge in [-0.1, -0.05) is 12.1 Å². The van der Waals surface area contributed by atoms with Crippen LogP contribution in [-0.2, 0) is 6.42 Å². The Hall–Kier alpha value is -1.02. The lowest BCUT2D eigenvalue weighted by Crippen LogP contribution is -2.37. The van der Waals surface area contributed by atoms with E-state index in [-0.39, 0.29) is 0 Å². The van der Waals surface area contributed by atoms with Gasteiger partial charge in [0, 0.05) is 24.3 Å². The summed E-state index contributed by atoms with van der Waals surface area (Å²) in [4.78, 5) is 2.57. The van der Waals surface area contributed by atoms with E-state index in [2.05, 4.69) is 30.0 Å². The first-order valence-electron chi connectivity index (χ1n) is 5.88. The highest BCUT2D eigenvalue weighted by Gasteiger charge is 2.38. The summed E-state index contributed by atoms with van der Waals surface area (Å²) in [6, 6.07) is 7.96. The van der Waals surface area contributed by atoms with Crippen molar-refractivity contribution in [3.63, 3.8) is 0 Å². The zero-order valence-corrected chi connectivity index (χ0v) is 9.24. The van der Waals surface area contributed by atoms with Crippen molar-refractivity contribution >= 4 is 5.69 Å². The predicted molar refractivity (Wildman–Crippen MR) is 63.2 cm³/mol. The molecular formula is C13H18N2. The van der Waals surface area contributed by atoms with E-state index >= 15 is 0 Å². The summed E-state index contributed by atoms with van der Waals surface area (Å²) in [6.45, 7) is 3.02. The van der Waals surface area contributed by atoms with E-state index in [0.717, 1.165) is 12.6 Å². The maximum Gasteiger partial charge on any atom is 0.0416 e. The molecule has 2 heteroatoms. The molecule has 15 heavy (non-hydrogen) atoms. The first-order chi connectivity index (χ1) is 7.31. The molecule has 3 rings (SSSR count). The molecule has 0 amide bonds. The topological polar surface area (TPSA) is 29.3 Å². The molecule has 2 unspecified atom stereocenters. The average Bonchev–Trinajstić information content (AvgIpc) is 2.77. The molecular weight excluding hydrogens is 184 g/mol. The van der Waals surface area contributed by atoms with Gasteiger partial charge in [0.1, 0.15) is 0 Å². The number of benzene rings is 1. The summed E-state index contributed by atoms with van der Waals surface area (Å²) in [7, 11) is 0. The van der Waals surface area contributed by atoms with Crippen molar-refractivity contribution in [3.8, 4) is 0 Å². The summed E-state index contributed by atoms with van der Waals surface area (Å²) in [5.74, 6) is 0. The zero-order chi connectivity index (χ0) is 10.4. The Balaban J connectivity index is 2.05. The number of anilines is 1. The Morgan fingerprint density at radius 1 is 1.40 bits per heavy atom. The number of fused-ring (bicyclic) bond motifs is 3. The van der Waals surface area contributed by atoms with E-state index in [1.54, 1.807) is 5.56 Å². The molecule has 1 fully saturated rings. The summed E-state index contributed by atoms with van der Waals surface area (Å²) in [5.41, 5.74) is 10.3. The second-order valence-corrected chi connectivity index (χ2v) is 4.80. The van der Waals surface area contributed by atoms with Crippen LogP contribution in [0.4, 0.5) is 5.69 Å². The number of hydrogen-bond acceptors (Lipinski definition) is 2. The molecule has 0 spiro atoms. The lowest BCUT2D eigenvalue weighted by atomic mass is 10.0. The molecule has 2 heterocycles. The minimum atomic E-state index is 0.582. The number of nitrogens with zero attached hydrogens (tertiary/aromatic N) is 1. The summed E-state index contributed by atoms with van der Waals surface area (Å²) >= 11 is 0. The van der Waals surface area contributed by atoms with Crippen LogP contribution in [0, 0.1) is 6.92 Å². The molecule has 0 radical (unpaired) electrons. The molecule has 1 saturated heterocycles.